The molecule has 1 saturated heterocycles. The van der Waals surface area contributed by atoms with Crippen LogP contribution in [0, 0.1) is 0 Å². The molecule has 0 unspecified atom stereocenters. The lowest BCUT2D eigenvalue weighted by molar-refractivity contribution is 0.0523. The van der Waals surface area contributed by atoms with Crippen LogP contribution in [0.1, 0.15) is 18.4 Å². The second-order valence-electron chi connectivity index (χ2n) is 4.68. The molecule has 0 radical (unpaired) electrons. The molecule has 2 N–H and O–H groups in total. The SMILES string of the molecule is NC1(c2ccc3ncccc3c2)CCOCC1. The summed E-state index contributed by atoms with van der Waals surface area (Å²) in [7, 11) is 0. The van der Waals surface area contributed by atoms with Gasteiger partial charge in [-0.15, -0.1) is 0 Å². The smallest absolute Gasteiger partial charge is 0.0702 e. The Labute approximate surface area is 101 Å². The van der Waals surface area contributed by atoms with Gasteiger partial charge < -0.3 is 10.5 Å². The molecular weight excluding hydrogens is 212 g/mol. The van der Waals surface area contributed by atoms with E-state index in [2.05, 4.69) is 29.2 Å². The summed E-state index contributed by atoms with van der Waals surface area (Å²) in [6.07, 6.45) is 3.59. The Balaban J connectivity index is 2.05. The molecular formula is C14H16N2O. The Hall–Kier alpha value is -1.45. The van der Waals surface area contributed by atoms with Crippen LogP contribution in [0.4, 0.5) is 0 Å². The van der Waals surface area contributed by atoms with Gasteiger partial charge in [-0.3, -0.25) is 4.98 Å². The topological polar surface area (TPSA) is 48.1 Å². The fourth-order valence-corrected chi connectivity index (χ4v) is 2.41. The average molecular weight is 228 g/mol. The van der Waals surface area contributed by atoms with E-state index in [4.69, 9.17) is 10.5 Å². The van der Waals surface area contributed by atoms with Gasteiger partial charge in [0.25, 0.3) is 0 Å². The van der Waals surface area contributed by atoms with Crippen molar-refractivity contribution in [3.63, 3.8) is 0 Å². The maximum atomic E-state index is 6.47. The molecule has 3 nitrogen and oxygen atoms in total. The van der Waals surface area contributed by atoms with E-state index in [0.717, 1.165) is 37.0 Å². The molecule has 2 aromatic rings. The van der Waals surface area contributed by atoms with E-state index >= 15 is 0 Å². The van der Waals surface area contributed by atoms with Crippen LogP contribution in [-0.4, -0.2) is 18.2 Å². The molecule has 0 amide bonds. The second-order valence-corrected chi connectivity index (χ2v) is 4.68. The largest absolute Gasteiger partial charge is 0.381 e. The highest BCUT2D eigenvalue weighted by Gasteiger charge is 2.29. The van der Waals surface area contributed by atoms with E-state index in [1.165, 1.54) is 5.56 Å². The lowest BCUT2D eigenvalue weighted by atomic mass is 9.83. The summed E-state index contributed by atoms with van der Waals surface area (Å²) in [4.78, 5) is 4.32. The lowest BCUT2D eigenvalue weighted by Crippen LogP contribution is -2.42. The van der Waals surface area contributed by atoms with Crippen LogP contribution in [0.25, 0.3) is 10.9 Å². The first-order valence-electron chi connectivity index (χ1n) is 6.00. The Kier molecular flexibility index (Phi) is 2.57. The van der Waals surface area contributed by atoms with Gasteiger partial charge >= 0.3 is 0 Å². The van der Waals surface area contributed by atoms with Gasteiger partial charge in [-0.25, -0.2) is 0 Å². The lowest BCUT2D eigenvalue weighted by Gasteiger charge is -2.34. The molecule has 2 heterocycles. The summed E-state index contributed by atoms with van der Waals surface area (Å²) in [5.41, 5.74) is 8.45. The number of nitrogens with two attached hydrogens (primary N) is 1. The Morgan fingerprint density at radius 3 is 2.82 bits per heavy atom. The minimum absolute atomic E-state index is 0.234. The standard InChI is InChI=1S/C14H16N2O/c15-14(5-8-17-9-6-14)12-3-4-13-11(10-12)2-1-7-16-13/h1-4,7,10H,5-6,8-9,15H2. The van der Waals surface area contributed by atoms with Gasteiger partial charge in [0.15, 0.2) is 0 Å². The van der Waals surface area contributed by atoms with Crippen molar-refractivity contribution in [2.24, 2.45) is 5.73 Å². The van der Waals surface area contributed by atoms with Crippen LogP contribution in [0.3, 0.4) is 0 Å². The van der Waals surface area contributed by atoms with Crippen LogP contribution in [0.5, 0.6) is 0 Å². The minimum atomic E-state index is -0.234. The average Bonchev–Trinajstić information content (AvgIpc) is 2.39. The van der Waals surface area contributed by atoms with Gasteiger partial charge in [0.2, 0.25) is 0 Å². The number of pyridine rings is 1. The van der Waals surface area contributed by atoms with E-state index in [-0.39, 0.29) is 5.54 Å². The summed E-state index contributed by atoms with van der Waals surface area (Å²) in [5.74, 6) is 0. The van der Waals surface area contributed by atoms with Crippen molar-refractivity contribution < 1.29 is 4.74 Å². The predicted octanol–water partition coefficient (Wildman–Crippen LogP) is 2.20. The summed E-state index contributed by atoms with van der Waals surface area (Å²) in [6.45, 7) is 1.50. The van der Waals surface area contributed by atoms with Crippen molar-refractivity contribution in [2.75, 3.05) is 13.2 Å². The van der Waals surface area contributed by atoms with Crippen molar-refractivity contribution in [1.29, 1.82) is 0 Å². The van der Waals surface area contributed by atoms with Gasteiger partial charge in [0.05, 0.1) is 5.52 Å². The highest BCUT2D eigenvalue weighted by atomic mass is 16.5. The van der Waals surface area contributed by atoms with Gasteiger partial charge in [0.1, 0.15) is 0 Å². The molecule has 1 aliphatic heterocycles. The Bertz CT molecular complexity index is 532. The molecule has 88 valence electrons. The van der Waals surface area contributed by atoms with Crippen molar-refractivity contribution in [3.05, 3.63) is 42.1 Å². The number of aromatic nitrogens is 1. The molecule has 1 fully saturated rings. The first-order valence-corrected chi connectivity index (χ1v) is 6.00. The maximum absolute atomic E-state index is 6.47. The third-order valence-corrected chi connectivity index (χ3v) is 3.56. The number of hydrogen-bond acceptors (Lipinski definition) is 3. The molecule has 0 aliphatic carbocycles. The number of hydrogen-bond donors (Lipinski definition) is 1. The Morgan fingerprint density at radius 2 is 2.00 bits per heavy atom. The van der Waals surface area contributed by atoms with Crippen molar-refractivity contribution in [3.8, 4) is 0 Å². The number of nitrogens with zero attached hydrogens (tertiary/aromatic N) is 1. The molecule has 1 aromatic heterocycles. The van der Waals surface area contributed by atoms with Gasteiger partial charge in [0, 0.05) is 30.3 Å². The third kappa shape index (κ3) is 1.92. The summed E-state index contributed by atoms with van der Waals surface area (Å²) < 4.78 is 5.38. The molecule has 3 rings (SSSR count). The fraction of sp³-hybridized carbons (Fsp3) is 0.357. The second kappa shape index (κ2) is 4.09. The van der Waals surface area contributed by atoms with Gasteiger partial charge in [-0.2, -0.15) is 0 Å². The highest BCUT2D eigenvalue weighted by molar-refractivity contribution is 5.79. The highest BCUT2D eigenvalue weighted by Crippen LogP contribution is 2.30. The number of rotatable bonds is 1. The van der Waals surface area contributed by atoms with Gasteiger partial charge in [-0.05, 0) is 36.6 Å². The normalized spacial score (nSPS) is 19.4. The van der Waals surface area contributed by atoms with Crippen LogP contribution in [0.2, 0.25) is 0 Å². The zero-order valence-electron chi connectivity index (χ0n) is 9.73. The van der Waals surface area contributed by atoms with Crippen molar-refractivity contribution in [1.82, 2.24) is 4.98 Å². The molecule has 0 bridgehead atoms. The molecule has 1 aliphatic rings. The molecule has 0 saturated carbocycles. The summed E-state index contributed by atoms with van der Waals surface area (Å²) in [5, 5.41) is 1.15. The Morgan fingerprint density at radius 1 is 1.18 bits per heavy atom. The quantitative estimate of drug-likeness (QED) is 0.814. The zero-order valence-corrected chi connectivity index (χ0v) is 9.73. The molecule has 0 atom stereocenters. The number of benzene rings is 1. The number of fused-ring (bicyclic) bond motifs is 1. The van der Waals surface area contributed by atoms with Crippen LogP contribution in [-0.2, 0) is 10.3 Å². The van der Waals surface area contributed by atoms with Crippen molar-refractivity contribution in [2.45, 2.75) is 18.4 Å². The maximum Gasteiger partial charge on any atom is 0.0702 e. The van der Waals surface area contributed by atoms with Crippen LogP contribution >= 0.6 is 0 Å². The van der Waals surface area contributed by atoms with E-state index in [0.29, 0.717) is 0 Å². The van der Waals surface area contributed by atoms with Gasteiger partial charge in [-0.1, -0.05) is 12.1 Å². The predicted molar refractivity (Wildman–Crippen MR) is 67.7 cm³/mol. The molecule has 1 aromatic carbocycles. The summed E-state index contributed by atoms with van der Waals surface area (Å²) >= 11 is 0. The monoisotopic (exact) mass is 228 g/mol. The van der Waals surface area contributed by atoms with Crippen LogP contribution < -0.4 is 5.73 Å². The van der Waals surface area contributed by atoms with Crippen LogP contribution in [0.15, 0.2) is 36.5 Å². The molecule has 17 heavy (non-hydrogen) atoms. The first-order chi connectivity index (χ1) is 8.28. The van der Waals surface area contributed by atoms with E-state index in [1.807, 2.05) is 12.3 Å². The number of ether oxygens (including phenoxy) is 1. The van der Waals surface area contributed by atoms with Crippen molar-refractivity contribution >= 4 is 10.9 Å². The molecule has 3 heteroatoms. The van der Waals surface area contributed by atoms with E-state index < -0.39 is 0 Å². The van der Waals surface area contributed by atoms with E-state index in [1.54, 1.807) is 0 Å². The minimum Gasteiger partial charge on any atom is -0.381 e. The third-order valence-electron chi connectivity index (χ3n) is 3.56. The summed E-state index contributed by atoms with van der Waals surface area (Å²) in [6, 6.07) is 10.3. The molecule has 0 spiro atoms. The van der Waals surface area contributed by atoms with E-state index in [9.17, 15) is 0 Å². The zero-order chi connectivity index (χ0) is 11.7. The fourth-order valence-electron chi connectivity index (χ4n) is 2.41. The first kappa shape index (κ1) is 10.7.